The lowest BCUT2D eigenvalue weighted by Gasteiger charge is -2.36. The van der Waals surface area contributed by atoms with Crippen LogP contribution in [0.3, 0.4) is 0 Å². The van der Waals surface area contributed by atoms with Crippen molar-refractivity contribution in [3.8, 4) is 0 Å². The number of hydrogen-bond donors (Lipinski definition) is 2. The Kier molecular flexibility index (Phi) is 5.83. The first-order valence-corrected chi connectivity index (χ1v) is 4.25. The van der Waals surface area contributed by atoms with Crippen molar-refractivity contribution in [2.45, 2.75) is 37.1 Å². The largest absolute Gasteiger partial charge is 0.379 e. The zero-order chi connectivity index (χ0) is 9.14. The van der Waals surface area contributed by atoms with Gasteiger partial charge in [-0.15, -0.1) is 12.4 Å². The van der Waals surface area contributed by atoms with E-state index in [1.165, 1.54) is 0 Å². The monoisotopic (exact) mass is 210 g/mol. The molecule has 0 spiro atoms. The van der Waals surface area contributed by atoms with E-state index in [1.807, 2.05) is 0 Å². The van der Waals surface area contributed by atoms with E-state index < -0.39 is 0 Å². The summed E-state index contributed by atoms with van der Waals surface area (Å²) < 4.78 is 10.5. The smallest absolute Gasteiger partial charge is 0.0848 e. The van der Waals surface area contributed by atoms with Gasteiger partial charge in [0, 0.05) is 26.3 Å². The van der Waals surface area contributed by atoms with Crippen molar-refractivity contribution in [3.63, 3.8) is 0 Å². The van der Waals surface area contributed by atoms with Gasteiger partial charge >= 0.3 is 0 Å². The van der Waals surface area contributed by atoms with Crippen LogP contribution >= 0.6 is 12.4 Å². The second-order valence-electron chi connectivity index (χ2n) is 3.35. The van der Waals surface area contributed by atoms with Gasteiger partial charge in [-0.2, -0.15) is 0 Å². The van der Waals surface area contributed by atoms with E-state index in [4.69, 9.17) is 20.9 Å². The van der Waals surface area contributed by atoms with E-state index in [0.29, 0.717) is 0 Å². The SMILES string of the molecule is CO[C@H]1C[C@H](N)[C@H](N)C[C@H]1OC.Cl. The van der Waals surface area contributed by atoms with E-state index >= 15 is 0 Å². The van der Waals surface area contributed by atoms with Crippen molar-refractivity contribution < 1.29 is 9.47 Å². The van der Waals surface area contributed by atoms with Crippen molar-refractivity contribution in [1.29, 1.82) is 0 Å². The Morgan fingerprint density at radius 1 is 0.923 bits per heavy atom. The number of hydrogen-bond acceptors (Lipinski definition) is 4. The zero-order valence-electron chi connectivity index (χ0n) is 8.10. The lowest BCUT2D eigenvalue weighted by atomic mass is 9.87. The quantitative estimate of drug-likeness (QED) is 0.667. The standard InChI is InChI=1S/C8H18N2O2.ClH/c1-11-7-3-5(9)6(10)4-8(7)12-2;/h5-8H,3-4,9-10H2,1-2H3;1H/t5-,6+,7-,8+;. The van der Waals surface area contributed by atoms with E-state index in [0.717, 1.165) is 12.8 Å². The molecule has 13 heavy (non-hydrogen) atoms. The Morgan fingerprint density at radius 3 is 1.46 bits per heavy atom. The van der Waals surface area contributed by atoms with Crippen molar-refractivity contribution in [2.24, 2.45) is 11.5 Å². The molecule has 4 N–H and O–H groups in total. The fourth-order valence-electron chi connectivity index (χ4n) is 1.69. The van der Waals surface area contributed by atoms with Gasteiger partial charge in [-0.05, 0) is 12.8 Å². The Bertz CT molecular complexity index is 132. The Balaban J connectivity index is 0.00000144. The normalized spacial score (nSPS) is 39.7. The maximum atomic E-state index is 5.80. The van der Waals surface area contributed by atoms with Crippen molar-refractivity contribution >= 4 is 12.4 Å². The minimum atomic E-state index is 0. The van der Waals surface area contributed by atoms with Crippen LogP contribution in [-0.2, 0) is 9.47 Å². The van der Waals surface area contributed by atoms with Gasteiger partial charge in [-0.1, -0.05) is 0 Å². The summed E-state index contributed by atoms with van der Waals surface area (Å²) in [4.78, 5) is 0. The van der Waals surface area contributed by atoms with Crippen molar-refractivity contribution in [1.82, 2.24) is 0 Å². The molecule has 0 amide bonds. The van der Waals surface area contributed by atoms with Crippen LogP contribution in [0.5, 0.6) is 0 Å². The molecule has 0 bridgehead atoms. The topological polar surface area (TPSA) is 70.5 Å². The molecule has 0 unspecified atom stereocenters. The Hall–Kier alpha value is 0.130. The van der Waals surface area contributed by atoms with Gasteiger partial charge < -0.3 is 20.9 Å². The van der Waals surface area contributed by atoms with E-state index in [2.05, 4.69) is 0 Å². The summed E-state index contributed by atoms with van der Waals surface area (Å²) in [6, 6.07) is 0.0858. The fraction of sp³-hybridized carbons (Fsp3) is 1.00. The molecule has 0 aliphatic heterocycles. The van der Waals surface area contributed by atoms with Gasteiger partial charge in [0.15, 0.2) is 0 Å². The van der Waals surface area contributed by atoms with Crippen LogP contribution in [0.1, 0.15) is 12.8 Å². The zero-order valence-corrected chi connectivity index (χ0v) is 8.92. The molecule has 4 nitrogen and oxygen atoms in total. The molecular weight excluding hydrogens is 192 g/mol. The fourth-order valence-corrected chi connectivity index (χ4v) is 1.69. The molecule has 5 heteroatoms. The van der Waals surface area contributed by atoms with Crippen LogP contribution in [-0.4, -0.2) is 38.5 Å². The van der Waals surface area contributed by atoms with Gasteiger partial charge in [-0.3, -0.25) is 0 Å². The highest BCUT2D eigenvalue weighted by Crippen LogP contribution is 2.21. The molecule has 1 aliphatic carbocycles. The lowest BCUT2D eigenvalue weighted by molar-refractivity contribution is -0.0659. The van der Waals surface area contributed by atoms with Crippen LogP contribution in [0.4, 0.5) is 0 Å². The minimum Gasteiger partial charge on any atom is -0.379 e. The maximum Gasteiger partial charge on any atom is 0.0848 e. The van der Waals surface area contributed by atoms with Crippen LogP contribution in [0, 0.1) is 0 Å². The number of halogens is 1. The minimum absolute atomic E-state index is 0. The predicted octanol–water partition coefficient (Wildman–Crippen LogP) is -0.113. The summed E-state index contributed by atoms with van der Waals surface area (Å²) in [5, 5.41) is 0. The molecule has 1 aliphatic rings. The Labute approximate surface area is 85.3 Å². The summed E-state index contributed by atoms with van der Waals surface area (Å²) in [5.74, 6) is 0. The first kappa shape index (κ1) is 13.1. The number of ether oxygens (including phenoxy) is 2. The first-order valence-electron chi connectivity index (χ1n) is 4.25. The Morgan fingerprint density at radius 2 is 1.23 bits per heavy atom. The third kappa shape index (κ3) is 3.07. The molecule has 1 saturated carbocycles. The lowest BCUT2D eigenvalue weighted by Crippen LogP contribution is -2.53. The van der Waals surface area contributed by atoms with Gasteiger partial charge in [0.2, 0.25) is 0 Å². The second kappa shape index (κ2) is 5.78. The van der Waals surface area contributed by atoms with Crippen LogP contribution in [0.2, 0.25) is 0 Å². The molecule has 0 aromatic heterocycles. The van der Waals surface area contributed by atoms with E-state index in [-0.39, 0.29) is 36.7 Å². The highest BCUT2D eigenvalue weighted by atomic mass is 35.5. The van der Waals surface area contributed by atoms with Crippen LogP contribution in [0.15, 0.2) is 0 Å². The molecule has 1 rings (SSSR count). The third-order valence-corrected chi connectivity index (χ3v) is 2.58. The molecule has 4 atom stereocenters. The maximum absolute atomic E-state index is 5.80. The first-order chi connectivity index (χ1) is 5.69. The van der Waals surface area contributed by atoms with Gasteiger partial charge in [0.1, 0.15) is 0 Å². The summed E-state index contributed by atoms with van der Waals surface area (Å²) in [6.07, 6.45) is 1.78. The molecule has 0 aromatic carbocycles. The van der Waals surface area contributed by atoms with Gasteiger partial charge in [0.25, 0.3) is 0 Å². The van der Waals surface area contributed by atoms with Gasteiger partial charge in [-0.25, -0.2) is 0 Å². The van der Waals surface area contributed by atoms with Crippen molar-refractivity contribution in [2.75, 3.05) is 14.2 Å². The summed E-state index contributed by atoms with van der Waals surface area (Å²) in [5.41, 5.74) is 11.6. The molecule has 0 aromatic rings. The summed E-state index contributed by atoms with van der Waals surface area (Å²) in [6.45, 7) is 0. The summed E-state index contributed by atoms with van der Waals surface area (Å²) in [7, 11) is 3.36. The van der Waals surface area contributed by atoms with Crippen molar-refractivity contribution in [3.05, 3.63) is 0 Å². The molecule has 0 radical (unpaired) electrons. The van der Waals surface area contributed by atoms with Crippen LogP contribution in [0.25, 0.3) is 0 Å². The van der Waals surface area contributed by atoms with E-state index in [9.17, 15) is 0 Å². The van der Waals surface area contributed by atoms with Crippen LogP contribution < -0.4 is 11.5 Å². The second-order valence-corrected chi connectivity index (χ2v) is 3.35. The predicted molar refractivity (Wildman–Crippen MR) is 54.0 cm³/mol. The molecule has 1 fully saturated rings. The molecule has 0 heterocycles. The molecule has 0 saturated heterocycles. The number of methoxy groups -OCH3 is 2. The van der Waals surface area contributed by atoms with Gasteiger partial charge in [0.05, 0.1) is 12.2 Å². The average Bonchev–Trinajstić information content (AvgIpc) is 2.09. The molecule has 80 valence electrons. The van der Waals surface area contributed by atoms with E-state index in [1.54, 1.807) is 14.2 Å². The third-order valence-electron chi connectivity index (χ3n) is 2.58. The number of nitrogens with two attached hydrogens (primary N) is 2. The average molecular weight is 211 g/mol. The highest BCUT2D eigenvalue weighted by Gasteiger charge is 2.33. The number of rotatable bonds is 2. The highest BCUT2D eigenvalue weighted by molar-refractivity contribution is 5.85. The summed E-state index contributed by atoms with van der Waals surface area (Å²) >= 11 is 0. The molecular formula is C8H19ClN2O2.